The van der Waals surface area contributed by atoms with Gasteiger partial charge in [0.2, 0.25) is 5.88 Å². The smallest absolute Gasteiger partial charge is 0.213 e. The number of aryl methyl sites for hydroxylation is 1. The van der Waals surface area contributed by atoms with Gasteiger partial charge in [0.25, 0.3) is 0 Å². The van der Waals surface area contributed by atoms with Crippen LogP contribution in [0.4, 0.5) is 0 Å². The first-order valence-electron chi connectivity index (χ1n) is 3.83. The van der Waals surface area contributed by atoms with Gasteiger partial charge in [-0.05, 0) is 19.4 Å². The Morgan fingerprint density at radius 3 is 2.67 bits per heavy atom. The fourth-order valence-electron chi connectivity index (χ4n) is 1.09. The van der Waals surface area contributed by atoms with E-state index in [1.807, 2.05) is 13.0 Å². The molecule has 1 aromatic rings. The number of pyridine rings is 1. The average Bonchev–Trinajstić information content (AvgIpc) is 2.03. The van der Waals surface area contributed by atoms with Crippen molar-refractivity contribution in [1.29, 1.82) is 0 Å². The molecule has 1 rings (SSSR count). The Morgan fingerprint density at radius 2 is 2.25 bits per heavy atom. The van der Waals surface area contributed by atoms with E-state index >= 15 is 0 Å². The summed E-state index contributed by atoms with van der Waals surface area (Å²) in [6.45, 7) is 3.64. The molecule has 1 heterocycles. The molecule has 0 spiro atoms. The van der Waals surface area contributed by atoms with Gasteiger partial charge in [0, 0.05) is 17.8 Å². The molecule has 0 aliphatic heterocycles. The lowest BCUT2D eigenvalue weighted by Crippen LogP contribution is -1.97. The van der Waals surface area contributed by atoms with Crippen LogP contribution in [-0.2, 0) is 0 Å². The van der Waals surface area contributed by atoms with Crippen LogP contribution in [0.5, 0.6) is 5.88 Å². The predicted octanol–water partition coefficient (Wildman–Crippen LogP) is 1.45. The van der Waals surface area contributed by atoms with Gasteiger partial charge in [-0.1, -0.05) is 0 Å². The minimum absolute atomic E-state index is 0.469. The standard InChI is InChI=1S/C9H13NO2/c1-6-4-9(12-3)10-5-8(6)7(2)11/h4-5,7,11H,1-3H3/t7-/m0/s1. The van der Waals surface area contributed by atoms with Crippen molar-refractivity contribution in [3.63, 3.8) is 0 Å². The number of aliphatic hydroxyl groups is 1. The van der Waals surface area contributed by atoms with E-state index in [4.69, 9.17) is 4.74 Å². The molecule has 1 aromatic heterocycles. The number of aliphatic hydroxyl groups excluding tert-OH is 1. The van der Waals surface area contributed by atoms with Crippen molar-refractivity contribution in [2.75, 3.05) is 7.11 Å². The Kier molecular flexibility index (Phi) is 2.65. The second-order valence-corrected chi connectivity index (χ2v) is 2.76. The highest BCUT2D eigenvalue weighted by Crippen LogP contribution is 2.18. The first kappa shape index (κ1) is 9.00. The van der Waals surface area contributed by atoms with Gasteiger partial charge in [-0.15, -0.1) is 0 Å². The first-order valence-corrected chi connectivity index (χ1v) is 3.83. The van der Waals surface area contributed by atoms with Gasteiger partial charge >= 0.3 is 0 Å². The zero-order valence-corrected chi connectivity index (χ0v) is 7.53. The molecular formula is C9H13NO2. The van der Waals surface area contributed by atoms with Crippen molar-refractivity contribution in [2.24, 2.45) is 0 Å². The monoisotopic (exact) mass is 167 g/mol. The second-order valence-electron chi connectivity index (χ2n) is 2.76. The number of ether oxygens (including phenoxy) is 1. The van der Waals surface area contributed by atoms with Crippen LogP contribution < -0.4 is 4.74 Å². The van der Waals surface area contributed by atoms with E-state index < -0.39 is 6.10 Å². The maximum atomic E-state index is 9.29. The number of aromatic nitrogens is 1. The largest absolute Gasteiger partial charge is 0.481 e. The van der Waals surface area contributed by atoms with Gasteiger partial charge in [0.1, 0.15) is 0 Å². The molecule has 0 bridgehead atoms. The van der Waals surface area contributed by atoms with Crippen LogP contribution in [0.2, 0.25) is 0 Å². The van der Waals surface area contributed by atoms with Crippen LogP contribution in [-0.4, -0.2) is 17.2 Å². The van der Waals surface area contributed by atoms with Gasteiger partial charge in [-0.3, -0.25) is 0 Å². The molecule has 0 aliphatic rings. The highest BCUT2D eigenvalue weighted by Gasteiger charge is 2.05. The lowest BCUT2D eigenvalue weighted by Gasteiger charge is -2.08. The third kappa shape index (κ3) is 1.74. The molecule has 0 saturated carbocycles. The quantitative estimate of drug-likeness (QED) is 0.725. The summed E-state index contributed by atoms with van der Waals surface area (Å²) < 4.78 is 4.94. The Labute approximate surface area is 72.0 Å². The third-order valence-corrected chi connectivity index (χ3v) is 1.79. The highest BCUT2D eigenvalue weighted by atomic mass is 16.5. The summed E-state index contributed by atoms with van der Waals surface area (Å²) in [5, 5.41) is 9.29. The van der Waals surface area contributed by atoms with E-state index in [-0.39, 0.29) is 0 Å². The molecule has 0 saturated heterocycles. The zero-order valence-electron chi connectivity index (χ0n) is 7.53. The van der Waals surface area contributed by atoms with Gasteiger partial charge in [-0.2, -0.15) is 0 Å². The number of hydrogen-bond donors (Lipinski definition) is 1. The number of methoxy groups -OCH3 is 1. The molecule has 66 valence electrons. The topological polar surface area (TPSA) is 42.4 Å². The normalized spacial score (nSPS) is 12.7. The Morgan fingerprint density at radius 1 is 1.58 bits per heavy atom. The van der Waals surface area contributed by atoms with E-state index in [0.29, 0.717) is 5.88 Å². The molecule has 0 fully saturated rings. The number of rotatable bonds is 2. The molecule has 0 amide bonds. The molecular weight excluding hydrogens is 154 g/mol. The predicted molar refractivity (Wildman–Crippen MR) is 46.2 cm³/mol. The Bertz CT molecular complexity index is 271. The summed E-state index contributed by atoms with van der Waals surface area (Å²) >= 11 is 0. The van der Waals surface area contributed by atoms with Crippen LogP contribution in [0.25, 0.3) is 0 Å². The SMILES string of the molecule is COc1cc(C)c([C@H](C)O)cn1. The second kappa shape index (κ2) is 3.54. The molecule has 3 nitrogen and oxygen atoms in total. The van der Waals surface area contributed by atoms with Crippen molar-refractivity contribution < 1.29 is 9.84 Å². The molecule has 0 radical (unpaired) electrons. The lowest BCUT2D eigenvalue weighted by atomic mass is 10.1. The highest BCUT2D eigenvalue weighted by molar-refractivity contribution is 5.29. The number of hydrogen-bond acceptors (Lipinski definition) is 3. The Balaban J connectivity index is 3.03. The summed E-state index contributed by atoms with van der Waals surface area (Å²) in [6, 6.07) is 1.81. The summed E-state index contributed by atoms with van der Waals surface area (Å²) in [5.41, 5.74) is 1.84. The summed E-state index contributed by atoms with van der Waals surface area (Å²) in [5.74, 6) is 0.580. The van der Waals surface area contributed by atoms with E-state index in [1.165, 1.54) is 0 Å². The fourth-order valence-corrected chi connectivity index (χ4v) is 1.09. The third-order valence-electron chi connectivity index (χ3n) is 1.79. The molecule has 12 heavy (non-hydrogen) atoms. The van der Waals surface area contributed by atoms with Crippen molar-refractivity contribution in [2.45, 2.75) is 20.0 Å². The summed E-state index contributed by atoms with van der Waals surface area (Å²) in [6.07, 6.45) is 1.17. The van der Waals surface area contributed by atoms with Gasteiger partial charge in [0.05, 0.1) is 13.2 Å². The van der Waals surface area contributed by atoms with Crippen LogP contribution >= 0.6 is 0 Å². The van der Waals surface area contributed by atoms with Crippen LogP contribution in [0.15, 0.2) is 12.3 Å². The molecule has 1 atom stereocenters. The lowest BCUT2D eigenvalue weighted by molar-refractivity contribution is 0.198. The van der Waals surface area contributed by atoms with E-state index in [9.17, 15) is 5.11 Å². The Hall–Kier alpha value is -1.09. The summed E-state index contributed by atoms with van der Waals surface area (Å²) in [4.78, 5) is 4.00. The number of nitrogens with zero attached hydrogens (tertiary/aromatic N) is 1. The molecule has 3 heteroatoms. The van der Waals surface area contributed by atoms with Gasteiger partial charge in [0.15, 0.2) is 0 Å². The summed E-state index contributed by atoms with van der Waals surface area (Å²) in [7, 11) is 1.57. The van der Waals surface area contributed by atoms with Crippen molar-refractivity contribution in [3.8, 4) is 5.88 Å². The van der Waals surface area contributed by atoms with Crippen LogP contribution in [0, 0.1) is 6.92 Å². The molecule has 0 aliphatic carbocycles. The van der Waals surface area contributed by atoms with E-state index in [0.717, 1.165) is 11.1 Å². The van der Waals surface area contributed by atoms with Gasteiger partial charge < -0.3 is 9.84 Å². The molecule has 1 N–H and O–H groups in total. The maximum Gasteiger partial charge on any atom is 0.213 e. The van der Waals surface area contributed by atoms with Crippen molar-refractivity contribution in [3.05, 3.63) is 23.4 Å². The van der Waals surface area contributed by atoms with Crippen molar-refractivity contribution in [1.82, 2.24) is 4.98 Å². The molecule has 0 aromatic carbocycles. The fraction of sp³-hybridized carbons (Fsp3) is 0.444. The van der Waals surface area contributed by atoms with E-state index in [1.54, 1.807) is 20.2 Å². The van der Waals surface area contributed by atoms with E-state index in [2.05, 4.69) is 4.98 Å². The first-order chi connectivity index (χ1) is 5.65. The van der Waals surface area contributed by atoms with Gasteiger partial charge in [-0.25, -0.2) is 4.98 Å². The minimum Gasteiger partial charge on any atom is -0.481 e. The van der Waals surface area contributed by atoms with Crippen LogP contribution in [0.1, 0.15) is 24.2 Å². The minimum atomic E-state index is -0.469. The van der Waals surface area contributed by atoms with Crippen LogP contribution in [0.3, 0.4) is 0 Å². The zero-order chi connectivity index (χ0) is 9.14. The average molecular weight is 167 g/mol. The van der Waals surface area contributed by atoms with Crippen molar-refractivity contribution >= 4 is 0 Å². The molecule has 0 unspecified atom stereocenters. The maximum absolute atomic E-state index is 9.29.